The van der Waals surface area contributed by atoms with Crippen LogP contribution in [0.15, 0.2) is 29.2 Å². The molecule has 1 aromatic rings. The van der Waals surface area contributed by atoms with Gasteiger partial charge in [-0.05, 0) is 19.9 Å². The van der Waals surface area contributed by atoms with Crippen molar-refractivity contribution in [3.05, 3.63) is 34.4 Å². The molecule has 0 atom stereocenters. The Bertz CT molecular complexity index is 641. The Morgan fingerprint density at radius 1 is 1.43 bits per heavy atom. The number of nitro groups is 1. The van der Waals surface area contributed by atoms with Crippen LogP contribution in [-0.2, 0) is 19.6 Å². The van der Waals surface area contributed by atoms with Crippen LogP contribution in [0, 0.1) is 10.1 Å². The van der Waals surface area contributed by atoms with Crippen LogP contribution in [0.25, 0.3) is 0 Å². The van der Waals surface area contributed by atoms with Gasteiger partial charge in [-0.3, -0.25) is 14.9 Å². The van der Waals surface area contributed by atoms with Crippen molar-refractivity contribution in [1.82, 2.24) is 4.31 Å². The van der Waals surface area contributed by atoms with Gasteiger partial charge < -0.3 is 4.74 Å². The summed E-state index contributed by atoms with van der Waals surface area (Å²) in [6.45, 7) is 2.73. The highest BCUT2D eigenvalue weighted by Gasteiger charge is 2.30. The maximum Gasteiger partial charge on any atom is 0.321 e. The first kappa shape index (κ1) is 17.1. The number of rotatable bonds is 6. The average Bonchev–Trinajstić information content (AvgIpc) is 2.43. The zero-order chi connectivity index (χ0) is 16.2. The second kappa shape index (κ2) is 6.64. The first-order valence-electron chi connectivity index (χ1n) is 6.03. The maximum atomic E-state index is 12.5. The number of nitro benzene ring substituents is 1. The summed E-state index contributed by atoms with van der Waals surface area (Å²) in [4.78, 5) is 21.2. The topological polar surface area (TPSA) is 107 Å². The van der Waals surface area contributed by atoms with Crippen molar-refractivity contribution in [2.24, 2.45) is 0 Å². The van der Waals surface area contributed by atoms with Crippen molar-refractivity contribution in [2.45, 2.75) is 24.8 Å². The number of carbonyl (C=O) groups is 1. The van der Waals surface area contributed by atoms with Gasteiger partial charge in [0.05, 0.1) is 16.9 Å². The molecule has 0 aromatic heterocycles. The number of nitrogens with zero attached hydrogens (tertiary/aromatic N) is 2. The van der Waals surface area contributed by atoms with Crippen molar-refractivity contribution in [2.75, 3.05) is 13.7 Å². The van der Waals surface area contributed by atoms with Crippen molar-refractivity contribution >= 4 is 21.7 Å². The fraction of sp³-hybridized carbons (Fsp3) is 0.417. The molecule has 9 heteroatoms. The zero-order valence-corrected chi connectivity index (χ0v) is 12.7. The van der Waals surface area contributed by atoms with Gasteiger partial charge in [0, 0.05) is 18.2 Å². The van der Waals surface area contributed by atoms with Crippen molar-refractivity contribution in [3.63, 3.8) is 0 Å². The molecule has 0 N–H and O–H groups in total. The number of sulfonamides is 1. The van der Waals surface area contributed by atoms with E-state index in [9.17, 15) is 23.3 Å². The zero-order valence-electron chi connectivity index (χ0n) is 11.8. The number of hydrogen-bond donors (Lipinski definition) is 0. The Morgan fingerprint density at radius 3 is 2.52 bits per heavy atom. The number of benzene rings is 1. The first-order valence-corrected chi connectivity index (χ1v) is 7.47. The van der Waals surface area contributed by atoms with Crippen LogP contribution in [-0.4, -0.2) is 43.3 Å². The lowest BCUT2D eigenvalue weighted by Crippen LogP contribution is -2.41. The van der Waals surface area contributed by atoms with Gasteiger partial charge in [-0.15, -0.1) is 0 Å². The van der Waals surface area contributed by atoms with Crippen LogP contribution in [0.1, 0.15) is 13.8 Å². The van der Waals surface area contributed by atoms with Crippen LogP contribution in [0.5, 0.6) is 0 Å². The van der Waals surface area contributed by atoms with E-state index in [1.165, 1.54) is 18.2 Å². The second-order valence-corrected chi connectivity index (χ2v) is 6.37. The Kier molecular flexibility index (Phi) is 5.39. The van der Waals surface area contributed by atoms with E-state index >= 15 is 0 Å². The van der Waals surface area contributed by atoms with E-state index in [1.807, 2.05) is 0 Å². The van der Waals surface area contributed by atoms with Gasteiger partial charge in [-0.1, -0.05) is 6.07 Å². The summed E-state index contributed by atoms with van der Waals surface area (Å²) in [5.74, 6) is -0.710. The number of ether oxygens (including phenoxy) is 1. The molecule has 0 spiro atoms. The van der Waals surface area contributed by atoms with Crippen molar-refractivity contribution in [1.29, 1.82) is 0 Å². The maximum absolute atomic E-state index is 12.5. The third-order valence-corrected chi connectivity index (χ3v) is 4.74. The van der Waals surface area contributed by atoms with Crippen LogP contribution >= 0.6 is 0 Å². The minimum Gasteiger partial charge on any atom is -0.468 e. The summed E-state index contributed by atoms with van der Waals surface area (Å²) in [6, 6.07) is 4.17. The Hall–Kier alpha value is -2.00. The molecule has 0 unspecified atom stereocenters. The third-order valence-electron chi connectivity index (χ3n) is 2.72. The van der Waals surface area contributed by atoms with E-state index in [1.54, 1.807) is 13.8 Å². The highest BCUT2D eigenvalue weighted by atomic mass is 32.2. The molecule has 0 heterocycles. The smallest absolute Gasteiger partial charge is 0.321 e. The Labute approximate surface area is 122 Å². The van der Waals surface area contributed by atoms with E-state index in [-0.39, 0.29) is 10.6 Å². The second-order valence-electron chi connectivity index (χ2n) is 4.47. The molecular weight excluding hydrogens is 300 g/mol. The monoisotopic (exact) mass is 316 g/mol. The number of esters is 1. The fourth-order valence-electron chi connectivity index (χ4n) is 1.63. The number of carbonyl (C=O) groups excluding carboxylic acids is 1. The lowest BCUT2D eigenvalue weighted by Gasteiger charge is -2.24. The molecule has 116 valence electrons. The molecule has 0 radical (unpaired) electrons. The minimum atomic E-state index is -4.03. The van der Waals surface area contributed by atoms with Gasteiger partial charge in [-0.2, -0.15) is 4.31 Å². The summed E-state index contributed by atoms with van der Waals surface area (Å²) >= 11 is 0. The number of hydrogen-bond acceptors (Lipinski definition) is 6. The molecule has 0 amide bonds. The molecular formula is C12H16N2O6S. The lowest BCUT2D eigenvalue weighted by atomic mass is 10.3. The molecule has 0 fully saturated rings. The molecule has 0 aliphatic heterocycles. The van der Waals surface area contributed by atoms with Gasteiger partial charge in [0.2, 0.25) is 10.0 Å². The largest absolute Gasteiger partial charge is 0.468 e. The normalized spacial score (nSPS) is 11.7. The quantitative estimate of drug-likeness (QED) is 0.443. The molecule has 0 aliphatic carbocycles. The van der Waals surface area contributed by atoms with Gasteiger partial charge in [0.25, 0.3) is 5.69 Å². The molecule has 21 heavy (non-hydrogen) atoms. The molecule has 1 aromatic carbocycles. The van der Waals surface area contributed by atoms with Crippen LogP contribution < -0.4 is 0 Å². The minimum absolute atomic E-state index is 0.241. The fourth-order valence-corrected chi connectivity index (χ4v) is 3.25. The van der Waals surface area contributed by atoms with E-state index in [0.717, 1.165) is 17.5 Å². The molecule has 0 saturated carbocycles. The van der Waals surface area contributed by atoms with E-state index in [0.29, 0.717) is 0 Å². The van der Waals surface area contributed by atoms with Crippen LogP contribution in [0.3, 0.4) is 0 Å². The lowest BCUT2D eigenvalue weighted by molar-refractivity contribution is -0.385. The third kappa shape index (κ3) is 3.99. The summed E-state index contributed by atoms with van der Waals surface area (Å²) < 4.78 is 30.4. The number of methoxy groups -OCH3 is 1. The summed E-state index contributed by atoms with van der Waals surface area (Å²) in [6.07, 6.45) is 0. The standard InChI is InChI=1S/C12H16N2O6S/c1-9(2)13(8-12(15)20-3)21(18,19)11-6-4-5-10(7-11)14(16)17/h4-7,9H,8H2,1-3H3. The van der Waals surface area contributed by atoms with E-state index < -0.39 is 33.5 Å². The van der Waals surface area contributed by atoms with E-state index in [4.69, 9.17) is 0 Å². The Morgan fingerprint density at radius 2 is 2.05 bits per heavy atom. The van der Waals surface area contributed by atoms with Crippen LogP contribution in [0.4, 0.5) is 5.69 Å². The molecule has 0 aliphatic rings. The summed E-state index contributed by atoms with van der Waals surface area (Å²) in [5, 5.41) is 10.7. The molecule has 0 bridgehead atoms. The number of non-ortho nitro benzene ring substituents is 1. The predicted octanol–water partition coefficient (Wildman–Crippen LogP) is 1.17. The SMILES string of the molecule is COC(=O)CN(C(C)C)S(=O)(=O)c1cccc([N+](=O)[O-])c1. The Balaban J connectivity index is 3.26. The summed E-state index contributed by atoms with van der Waals surface area (Å²) in [5.41, 5.74) is -0.335. The van der Waals surface area contributed by atoms with Crippen molar-refractivity contribution < 1.29 is 22.9 Å². The molecule has 0 saturated heterocycles. The highest BCUT2D eigenvalue weighted by Crippen LogP contribution is 2.22. The average molecular weight is 316 g/mol. The van der Waals surface area contributed by atoms with Gasteiger partial charge in [-0.25, -0.2) is 8.42 Å². The molecule has 1 rings (SSSR count). The van der Waals surface area contributed by atoms with Gasteiger partial charge in [0.15, 0.2) is 0 Å². The molecule has 8 nitrogen and oxygen atoms in total. The van der Waals surface area contributed by atoms with E-state index in [2.05, 4.69) is 4.74 Å². The first-order chi connectivity index (χ1) is 9.70. The summed E-state index contributed by atoms with van der Waals surface area (Å²) in [7, 11) is -2.88. The van der Waals surface area contributed by atoms with Gasteiger partial charge in [0.1, 0.15) is 6.54 Å². The van der Waals surface area contributed by atoms with Crippen molar-refractivity contribution in [3.8, 4) is 0 Å². The van der Waals surface area contributed by atoms with Gasteiger partial charge >= 0.3 is 5.97 Å². The predicted molar refractivity (Wildman–Crippen MR) is 74.1 cm³/mol. The van der Waals surface area contributed by atoms with Crippen LogP contribution in [0.2, 0.25) is 0 Å². The highest BCUT2D eigenvalue weighted by molar-refractivity contribution is 7.89.